The van der Waals surface area contributed by atoms with Crippen molar-refractivity contribution in [2.75, 3.05) is 5.43 Å². The number of nitrogens with zero attached hydrogens (tertiary/aromatic N) is 3. The van der Waals surface area contributed by atoms with E-state index in [0.29, 0.717) is 46.7 Å². The number of fused-ring (bicyclic) bond motifs is 2. The van der Waals surface area contributed by atoms with E-state index in [4.69, 9.17) is 0 Å². The summed E-state index contributed by atoms with van der Waals surface area (Å²) in [5.74, 6) is -0.137. The number of hydrogen-bond acceptors (Lipinski definition) is 5. The van der Waals surface area contributed by atoms with E-state index in [0.717, 1.165) is 0 Å². The fraction of sp³-hybridized carbons (Fsp3) is 0.250. The highest BCUT2D eigenvalue weighted by atomic mass is 19.1. The van der Waals surface area contributed by atoms with Crippen LogP contribution in [-0.2, 0) is 6.54 Å². The maximum atomic E-state index is 14.2. The Morgan fingerprint density at radius 3 is 2.89 bits per heavy atom. The Morgan fingerprint density at radius 1 is 1.33 bits per heavy atom. The van der Waals surface area contributed by atoms with E-state index in [-0.39, 0.29) is 23.0 Å². The van der Waals surface area contributed by atoms with Gasteiger partial charge in [0.25, 0.3) is 5.56 Å². The minimum atomic E-state index is -0.352. The number of phenols is 1. The van der Waals surface area contributed by atoms with Crippen molar-refractivity contribution in [1.82, 2.24) is 9.55 Å². The summed E-state index contributed by atoms with van der Waals surface area (Å²) in [6.07, 6.45) is 0.487. The lowest BCUT2D eigenvalue weighted by Crippen LogP contribution is -2.23. The van der Waals surface area contributed by atoms with Crippen LogP contribution in [0.15, 0.2) is 46.3 Å². The maximum absolute atomic E-state index is 14.2. The molecular weight excluding hydrogens is 347 g/mol. The summed E-state index contributed by atoms with van der Waals surface area (Å²) in [5.41, 5.74) is 4.70. The molecule has 0 saturated carbocycles. The monoisotopic (exact) mass is 366 g/mol. The van der Waals surface area contributed by atoms with Gasteiger partial charge in [0.1, 0.15) is 11.6 Å². The fourth-order valence-corrected chi connectivity index (χ4v) is 3.63. The maximum Gasteiger partial charge on any atom is 0.262 e. The molecule has 0 aliphatic heterocycles. The quantitative estimate of drug-likeness (QED) is 0.695. The van der Waals surface area contributed by atoms with Crippen molar-refractivity contribution in [3.05, 3.63) is 63.7 Å². The van der Waals surface area contributed by atoms with E-state index in [1.54, 1.807) is 18.2 Å². The molecule has 1 aliphatic rings. The summed E-state index contributed by atoms with van der Waals surface area (Å²) < 4.78 is 15.7. The molecule has 6 nitrogen and oxygen atoms in total. The van der Waals surface area contributed by atoms with E-state index >= 15 is 0 Å². The average Bonchev–Trinajstić information content (AvgIpc) is 3.01. The third-order valence-electron chi connectivity index (χ3n) is 4.92. The van der Waals surface area contributed by atoms with Crippen LogP contribution in [0, 0.1) is 5.82 Å². The number of para-hydroxylation sites is 1. The number of halogens is 1. The molecule has 0 unspecified atom stereocenters. The second-order valence-corrected chi connectivity index (χ2v) is 6.63. The number of hydrazone groups is 1. The molecule has 0 spiro atoms. The molecule has 0 saturated heterocycles. The molecule has 2 aromatic carbocycles. The zero-order chi connectivity index (χ0) is 19.1. The van der Waals surface area contributed by atoms with Crippen LogP contribution in [0.5, 0.6) is 5.75 Å². The van der Waals surface area contributed by atoms with Crippen LogP contribution in [0.4, 0.5) is 10.3 Å². The molecule has 3 aromatic rings. The molecule has 1 atom stereocenters. The highest BCUT2D eigenvalue weighted by Crippen LogP contribution is 2.39. The molecule has 138 valence electrons. The number of hydrogen-bond donors (Lipinski definition) is 2. The fourth-order valence-electron chi connectivity index (χ4n) is 3.63. The Bertz CT molecular complexity index is 1140. The number of aromatic hydroxyl groups is 1. The Kier molecular flexibility index (Phi) is 4.14. The molecule has 1 heterocycles. The van der Waals surface area contributed by atoms with Gasteiger partial charge in [0.05, 0.1) is 16.6 Å². The van der Waals surface area contributed by atoms with Crippen molar-refractivity contribution < 1.29 is 9.50 Å². The summed E-state index contributed by atoms with van der Waals surface area (Å²) in [5, 5.41) is 15.1. The number of nitrogens with one attached hydrogen (secondary N) is 1. The van der Waals surface area contributed by atoms with Crippen LogP contribution in [0.1, 0.15) is 37.3 Å². The SMILES string of the molecule is CCn1c(N/N=C2\C[C@H](C)c3c(F)ccc(O)c32)nc2ccccc2c1=O. The first-order valence-electron chi connectivity index (χ1n) is 8.85. The van der Waals surface area contributed by atoms with Crippen molar-refractivity contribution in [2.45, 2.75) is 32.7 Å². The molecule has 1 aromatic heterocycles. The lowest BCUT2D eigenvalue weighted by molar-refractivity contribution is 0.470. The second kappa shape index (κ2) is 6.50. The highest BCUT2D eigenvalue weighted by Gasteiger charge is 2.30. The number of rotatable bonds is 3. The Balaban J connectivity index is 1.79. The van der Waals surface area contributed by atoms with Crippen molar-refractivity contribution >= 4 is 22.6 Å². The molecule has 0 bridgehead atoms. The zero-order valence-corrected chi connectivity index (χ0v) is 15.0. The van der Waals surface area contributed by atoms with Gasteiger partial charge in [-0.15, -0.1) is 0 Å². The Morgan fingerprint density at radius 2 is 2.11 bits per heavy atom. The van der Waals surface area contributed by atoms with Crippen molar-refractivity contribution in [3.63, 3.8) is 0 Å². The van der Waals surface area contributed by atoms with Gasteiger partial charge >= 0.3 is 0 Å². The molecule has 4 rings (SSSR count). The van der Waals surface area contributed by atoms with Crippen molar-refractivity contribution in [2.24, 2.45) is 5.10 Å². The minimum absolute atomic E-state index is 0.00403. The van der Waals surface area contributed by atoms with Gasteiger partial charge in [0.2, 0.25) is 5.95 Å². The smallest absolute Gasteiger partial charge is 0.262 e. The van der Waals surface area contributed by atoms with Gasteiger partial charge in [-0.2, -0.15) is 5.10 Å². The lowest BCUT2D eigenvalue weighted by atomic mass is 10.0. The molecule has 2 N–H and O–H groups in total. The van der Waals surface area contributed by atoms with E-state index < -0.39 is 0 Å². The predicted octanol–water partition coefficient (Wildman–Crippen LogP) is 3.58. The average molecular weight is 366 g/mol. The van der Waals surface area contributed by atoms with Crippen LogP contribution in [-0.4, -0.2) is 20.4 Å². The van der Waals surface area contributed by atoms with Gasteiger partial charge in [-0.1, -0.05) is 19.1 Å². The normalized spacial score (nSPS) is 17.4. The number of aromatic nitrogens is 2. The standard InChI is InChI=1S/C20H19FN4O2/c1-3-25-19(27)12-6-4-5-7-14(12)22-20(25)24-23-15-10-11(2)17-13(21)8-9-16(26)18(15)17/h4-9,11,26H,3,10H2,1-2H3,(H,22,24)/b23-15+/t11-/m0/s1. The number of phenolic OH excluding ortho intramolecular Hbond substituents is 1. The van der Waals surface area contributed by atoms with Gasteiger partial charge in [0.15, 0.2) is 0 Å². The molecule has 1 aliphatic carbocycles. The van der Waals surface area contributed by atoms with Crippen LogP contribution >= 0.6 is 0 Å². The first-order valence-corrected chi connectivity index (χ1v) is 8.85. The van der Waals surface area contributed by atoms with E-state index in [2.05, 4.69) is 15.5 Å². The first-order chi connectivity index (χ1) is 13.0. The molecule has 0 radical (unpaired) electrons. The van der Waals surface area contributed by atoms with E-state index in [9.17, 15) is 14.3 Å². The third kappa shape index (κ3) is 2.75. The molecule has 0 fully saturated rings. The highest BCUT2D eigenvalue weighted by molar-refractivity contribution is 6.07. The van der Waals surface area contributed by atoms with Gasteiger partial charge in [-0.3, -0.25) is 9.36 Å². The van der Waals surface area contributed by atoms with Crippen molar-refractivity contribution in [3.8, 4) is 5.75 Å². The van der Waals surface area contributed by atoms with Gasteiger partial charge in [-0.05, 0) is 43.5 Å². The van der Waals surface area contributed by atoms with Gasteiger partial charge < -0.3 is 5.11 Å². The largest absolute Gasteiger partial charge is 0.507 e. The van der Waals surface area contributed by atoms with E-state index in [1.165, 1.54) is 16.7 Å². The van der Waals surface area contributed by atoms with E-state index in [1.807, 2.05) is 19.9 Å². The summed E-state index contributed by atoms with van der Waals surface area (Å²) in [6.45, 7) is 4.17. The topological polar surface area (TPSA) is 79.5 Å². The molecule has 27 heavy (non-hydrogen) atoms. The summed E-state index contributed by atoms with van der Waals surface area (Å²) in [6, 6.07) is 9.72. The van der Waals surface area contributed by atoms with Crippen LogP contribution in [0.3, 0.4) is 0 Å². The summed E-state index contributed by atoms with van der Waals surface area (Å²) in [7, 11) is 0. The van der Waals surface area contributed by atoms with Crippen LogP contribution in [0.2, 0.25) is 0 Å². The second-order valence-electron chi connectivity index (χ2n) is 6.63. The Labute approximate surface area is 155 Å². The molecular formula is C20H19FN4O2. The summed E-state index contributed by atoms with van der Waals surface area (Å²) in [4.78, 5) is 17.2. The molecule has 0 amide bonds. The summed E-state index contributed by atoms with van der Waals surface area (Å²) >= 11 is 0. The van der Waals surface area contributed by atoms with Crippen molar-refractivity contribution in [1.29, 1.82) is 0 Å². The third-order valence-corrected chi connectivity index (χ3v) is 4.92. The minimum Gasteiger partial charge on any atom is -0.507 e. The van der Waals surface area contributed by atoms with Crippen LogP contribution in [0.25, 0.3) is 10.9 Å². The Hall–Kier alpha value is -3.22. The number of anilines is 1. The molecule has 7 heteroatoms. The lowest BCUT2D eigenvalue weighted by Gasteiger charge is -2.11. The number of benzene rings is 2. The predicted molar refractivity (Wildman–Crippen MR) is 103 cm³/mol. The zero-order valence-electron chi connectivity index (χ0n) is 15.0. The first kappa shape index (κ1) is 17.2. The van der Waals surface area contributed by atoms with Crippen LogP contribution < -0.4 is 11.0 Å². The van der Waals surface area contributed by atoms with Gasteiger partial charge in [0, 0.05) is 17.7 Å². The van der Waals surface area contributed by atoms with Gasteiger partial charge in [-0.25, -0.2) is 14.8 Å².